The van der Waals surface area contributed by atoms with Crippen molar-refractivity contribution in [1.82, 2.24) is 30.3 Å². The average Bonchev–Trinajstić information content (AvgIpc) is 3.86. The number of aliphatic hydroxyl groups is 1. The number of hydrogen-bond donors (Lipinski definition) is 3. The molecule has 0 radical (unpaired) electrons. The summed E-state index contributed by atoms with van der Waals surface area (Å²) in [6.07, 6.45) is -2.28. The number of hydrogen-bond acceptors (Lipinski definition) is 10. The lowest BCUT2D eigenvalue weighted by atomic mass is 9.77. The Kier molecular flexibility index (Phi) is 15.0. The highest BCUT2D eigenvalue weighted by molar-refractivity contribution is 5.88. The van der Waals surface area contributed by atoms with Crippen LogP contribution in [0.4, 0.5) is 41.3 Å². The molecule has 2 bridgehead atoms. The lowest BCUT2D eigenvalue weighted by molar-refractivity contribution is -0.220. The van der Waals surface area contributed by atoms with Gasteiger partial charge in [0, 0.05) is 91.3 Å². The molecule has 3 N–H and O–H groups in total. The van der Waals surface area contributed by atoms with Crippen LogP contribution in [0.25, 0.3) is 11.1 Å². The van der Waals surface area contributed by atoms with Gasteiger partial charge in [-0.1, -0.05) is 30.9 Å². The molecule has 0 aliphatic carbocycles. The maximum atomic E-state index is 15.2. The summed E-state index contributed by atoms with van der Waals surface area (Å²) in [4.78, 5) is 35.7. The SMILES string of the molecule is COC(=O)N[C@H](C(=O)C[C@@H](Cc1ccc(C#Cc2ccc(N3CC4CCC(C3)N4CC3(C)COC3)nc2)cc1)[C@@H](O)CNCc1c(F)cc(-c2cnn(C(F)F)c2)cc1F)C(C)(C)C(F)(F)F. The highest BCUT2D eigenvalue weighted by Crippen LogP contribution is 2.42. The van der Waals surface area contributed by atoms with Crippen LogP contribution in [0.2, 0.25) is 0 Å². The van der Waals surface area contributed by atoms with Gasteiger partial charge in [0.25, 0.3) is 0 Å². The summed E-state index contributed by atoms with van der Waals surface area (Å²) in [6, 6.07) is 11.5. The van der Waals surface area contributed by atoms with Gasteiger partial charge in [-0.05, 0) is 86.6 Å². The fourth-order valence-corrected chi connectivity index (χ4v) is 9.00. The first-order valence-electron chi connectivity index (χ1n) is 22.0. The zero-order valence-corrected chi connectivity index (χ0v) is 37.6. The molecule has 2 aromatic heterocycles. The van der Waals surface area contributed by atoms with Crippen molar-refractivity contribution in [2.24, 2.45) is 16.7 Å². The molecule has 1 amide bonds. The number of carbonyl (C=O) groups excluding carboxylic acids is 2. The minimum atomic E-state index is -4.94. The number of carbonyl (C=O) groups is 2. The summed E-state index contributed by atoms with van der Waals surface area (Å²) in [5.41, 5.74) is -1.02. The molecule has 12 nitrogen and oxygen atoms in total. The fourth-order valence-electron chi connectivity index (χ4n) is 9.00. The Labute approximate surface area is 384 Å². The van der Waals surface area contributed by atoms with Gasteiger partial charge in [-0.2, -0.15) is 27.1 Å². The molecule has 2 aromatic carbocycles. The quantitative estimate of drug-likeness (QED) is 0.0733. The summed E-state index contributed by atoms with van der Waals surface area (Å²) in [5.74, 6) is 3.01. The minimum absolute atomic E-state index is 0.0293. The third-order valence-corrected chi connectivity index (χ3v) is 13.1. The number of ketones is 1. The molecule has 3 aliphatic rings. The molecular formula is C48H54F7N7O5. The average molecular weight is 942 g/mol. The Morgan fingerprint density at radius 1 is 0.970 bits per heavy atom. The largest absolute Gasteiger partial charge is 0.453 e. The number of nitrogens with one attached hydrogen (secondary N) is 2. The number of pyridine rings is 1. The van der Waals surface area contributed by atoms with Crippen molar-refractivity contribution in [3.8, 4) is 23.0 Å². The van der Waals surface area contributed by atoms with E-state index in [-0.39, 0.29) is 29.5 Å². The predicted molar refractivity (Wildman–Crippen MR) is 234 cm³/mol. The number of aliphatic hydroxyl groups excluding tert-OH is 1. The van der Waals surface area contributed by atoms with Gasteiger partial charge < -0.3 is 30.1 Å². The molecule has 2 unspecified atom stereocenters. The van der Waals surface area contributed by atoms with E-state index >= 15 is 8.78 Å². The Bertz CT molecular complexity index is 2400. The smallest absolute Gasteiger partial charge is 0.407 e. The third-order valence-electron chi connectivity index (χ3n) is 13.1. The van der Waals surface area contributed by atoms with Crippen LogP contribution in [-0.2, 0) is 27.2 Å². The number of aromatic nitrogens is 3. The van der Waals surface area contributed by atoms with Crippen molar-refractivity contribution in [3.63, 3.8) is 0 Å². The van der Waals surface area contributed by atoms with Crippen molar-refractivity contribution in [2.45, 2.75) is 90.0 Å². The number of Topliss-reactive ketones (excluding diaryl/α,β-unsaturated/α-hetero) is 1. The van der Waals surface area contributed by atoms with E-state index in [1.54, 1.807) is 30.5 Å². The summed E-state index contributed by atoms with van der Waals surface area (Å²) < 4.78 is 109. The van der Waals surface area contributed by atoms with Gasteiger partial charge >= 0.3 is 18.8 Å². The summed E-state index contributed by atoms with van der Waals surface area (Å²) in [5, 5.41) is 19.7. The van der Waals surface area contributed by atoms with Gasteiger partial charge in [0.15, 0.2) is 5.78 Å². The van der Waals surface area contributed by atoms with Crippen LogP contribution in [0.15, 0.2) is 67.1 Å². The number of anilines is 1. The van der Waals surface area contributed by atoms with E-state index in [0.717, 1.165) is 84.1 Å². The zero-order valence-electron chi connectivity index (χ0n) is 37.6. The number of nitrogens with zero attached hydrogens (tertiary/aromatic N) is 5. The number of rotatable bonds is 17. The van der Waals surface area contributed by atoms with Crippen LogP contribution in [0.1, 0.15) is 68.8 Å². The normalized spacial score (nSPS) is 19.6. The number of methoxy groups -OCH3 is 1. The van der Waals surface area contributed by atoms with Crippen molar-refractivity contribution in [2.75, 3.05) is 51.4 Å². The Balaban J connectivity index is 1.02. The number of piperazine rings is 1. The van der Waals surface area contributed by atoms with Crippen LogP contribution in [0, 0.1) is 40.2 Å². The zero-order chi connectivity index (χ0) is 48.3. The molecule has 7 rings (SSSR count). The summed E-state index contributed by atoms with van der Waals surface area (Å²) >= 11 is 0. The van der Waals surface area contributed by atoms with Gasteiger partial charge in [-0.15, -0.1) is 0 Å². The van der Waals surface area contributed by atoms with Gasteiger partial charge in [-0.3, -0.25) is 9.69 Å². The van der Waals surface area contributed by atoms with Gasteiger partial charge in [-0.25, -0.2) is 23.2 Å². The van der Waals surface area contributed by atoms with E-state index in [1.807, 2.05) is 17.4 Å². The van der Waals surface area contributed by atoms with E-state index in [1.165, 1.54) is 12.8 Å². The van der Waals surface area contributed by atoms with Crippen LogP contribution >= 0.6 is 0 Å². The third kappa shape index (κ3) is 11.6. The standard InChI is InChI=1S/C48H54F7N7O5/c1-46(2,48(53,54)55)43(59-45(65)66-4)40(63)18-33(41(64)22-56-21-37-38(49)16-32(17-39(37)50)34-20-58-62(23-34)44(51)52)15-30-8-5-29(6-9-30)7-10-31-11-14-42(57-19-31)60-24-35-12-13-36(25-60)61(35)26-47(3)27-67-28-47/h5-6,8-9,11,14,16-17,19-20,23,33,35-36,41,43-44,56,64H,12-13,15,18,21-22,24-28H2,1-4H3,(H,59,65)/t33-,35?,36?,41+,43-/m1/s1. The monoisotopic (exact) mass is 941 g/mol. The fraction of sp³-hybridized carbons (Fsp3) is 0.500. The number of ether oxygens (including phenoxy) is 2. The number of amides is 1. The molecule has 5 heterocycles. The molecule has 3 saturated heterocycles. The van der Waals surface area contributed by atoms with E-state index in [0.29, 0.717) is 33.5 Å². The number of alkyl halides is 5. The molecule has 5 atom stereocenters. The molecule has 67 heavy (non-hydrogen) atoms. The molecule has 4 aromatic rings. The number of fused-ring (bicyclic) bond motifs is 2. The molecule has 19 heteroatoms. The lowest BCUT2D eigenvalue weighted by Gasteiger charge is -2.48. The first kappa shape index (κ1) is 49.4. The van der Waals surface area contributed by atoms with Crippen molar-refractivity contribution in [3.05, 3.63) is 101 Å². The molecule has 0 saturated carbocycles. The van der Waals surface area contributed by atoms with Gasteiger partial charge in [0.2, 0.25) is 0 Å². The molecule has 0 spiro atoms. The molecule has 360 valence electrons. The summed E-state index contributed by atoms with van der Waals surface area (Å²) in [6.45, 7) is 4.54. The van der Waals surface area contributed by atoms with Crippen molar-refractivity contribution in [1.29, 1.82) is 0 Å². The van der Waals surface area contributed by atoms with Crippen molar-refractivity contribution >= 4 is 17.7 Å². The van der Waals surface area contributed by atoms with Crippen LogP contribution in [0.5, 0.6) is 0 Å². The second kappa shape index (κ2) is 20.4. The highest BCUT2D eigenvalue weighted by atomic mass is 19.4. The first-order valence-corrected chi connectivity index (χ1v) is 22.0. The number of halogens is 7. The highest BCUT2D eigenvalue weighted by Gasteiger charge is 2.55. The van der Waals surface area contributed by atoms with Gasteiger partial charge in [0.1, 0.15) is 23.5 Å². The topological polar surface area (TPSA) is 134 Å². The van der Waals surface area contributed by atoms with E-state index in [9.17, 15) is 36.6 Å². The Morgan fingerprint density at radius 3 is 2.16 bits per heavy atom. The molecular weight excluding hydrogens is 888 g/mol. The maximum Gasteiger partial charge on any atom is 0.407 e. The number of alkyl carbamates (subject to hydrolysis) is 1. The van der Waals surface area contributed by atoms with Crippen LogP contribution < -0.4 is 15.5 Å². The maximum absolute atomic E-state index is 15.2. The van der Waals surface area contributed by atoms with Crippen LogP contribution in [-0.4, -0.2) is 114 Å². The second-order valence-corrected chi connectivity index (χ2v) is 18.6. The van der Waals surface area contributed by atoms with E-state index < -0.39 is 78.2 Å². The van der Waals surface area contributed by atoms with Crippen LogP contribution in [0.3, 0.4) is 0 Å². The molecule has 3 aliphatic heterocycles. The lowest BCUT2D eigenvalue weighted by Crippen LogP contribution is -2.59. The molecule has 3 fully saturated rings. The second-order valence-electron chi connectivity index (χ2n) is 18.6. The predicted octanol–water partition coefficient (Wildman–Crippen LogP) is 7.29. The minimum Gasteiger partial charge on any atom is -0.453 e. The first-order chi connectivity index (χ1) is 31.7. The Morgan fingerprint density at radius 2 is 1.61 bits per heavy atom. The van der Waals surface area contributed by atoms with Crippen molar-refractivity contribution < 1.29 is 54.9 Å². The van der Waals surface area contributed by atoms with E-state index in [4.69, 9.17) is 9.72 Å². The van der Waals surface area contributed by atoms with E-state index in [2.05, 4.69) is 43.7 Å². The summed E-state index contributed by atoms with van der Waals surface area (Å²) in [7, 11) is 0.941. The van der Waals surface area contributed by atoms with Gasteiger partial charge in [0.05, 0.1) is 38.0 Å². The Hall–Kier alpha value is -5.55. The number of benzene rings is 2.